The van der Waals surface area contributed by atoms with Crippen molar-refractivity contribution in [2.45, 2.75) is 58.4 Å². The first-order chi connectivity index (χ1) is 9.83. The SMILES string of the molecule is CCCCCCCCNC(=O)c1cnn2c1OCCC2. The fraction of sp³-hybridized carbons (Fsp3) is 0.733. The molecular formula is C15H25N3O2. The van der Waals surface area contributed by atoms with Crippen LogP contribution in [0.5, 0.6) is 5.88 Å². The number of aryl methyl sites for hydroxylation is 1. The van der Waals surface area contributed by atoms with Gasteiger partial charge in [0, 0.05) is 19.5 Å². The molecule has 1 aromatic heterocycles. The van der Waals surface area contributed by atoms with Gasteiger partial charge in [-0.1, -0.05) is 39.0 Å². The van der Waals surface area contributed by atoms with Gasteiger partial charge in [0.1, 0.15) is 5.56 Å². The Hall–Kier alpha value is -1.52. The molecule has 0 bridgehead atoms. The monoisotopic (exact) mass is 279 g/mol. The molecule has 1 aliphatic rings. The Balaban J connectivity index is 1.69. The summed E-state index contributed by atoms with van der Waals surface area (Å²) < 4.78 is 7.29. The van der Waals surface area contributed by atoms with Crippen LogP contribution in [0.15, 0.2) is 6.20 Å². The minimum Gasteiger partial charge on any atom is -0.477 e. The average Bonchev–Trinajstić information content (AvgIpc) is 2.90. The highest BCUT2D eigenvalue weighted by Gasteiger charge is 2.20. The quantitative estimate of drug-likeness (QED) is 0.744. The number of rotatable bonds is 8. The van der Waals surface area contributed by atoms with Gasteiger partial charge in [-0.2, -0.15) is 5.10 Å². The maximum Gasteiger partial charge on any atom is 0.258 e. The number of aromatic nitrogens is 2. The summed E-state index contributed by atoms with van der Waals surface area (Å²) in [6, 6.07) is 0. The molecule has 2 rings (SSSR count). The van der Waals surface area contributed by atoms with E-state index in [-0.39, 0.29) is 5.91 Å². The first-order valence-corrected chi connectivity index (χ1v) is 7.79. The lowest BCUT2D eigenvalue weighted by molar-refractivity contribution is 0.0946. The van der Waals surface area contributed by atoms with Crippen LogP contribution in [-0.4, -0.2) is 28.8 Å². The van der Waals surface area contributed by atoms with Gasteiger partial charge in [-0.3, -0.25) is 4.79 Å². The summed E-state index contributed by atoms with van der Waals surface area (Å²) in [5, 5.41) is 7.14. The predicted molar refractivity (Wildman–Crippen MR) is 78.0 cm³/mol. The van der Waals surface area contributed by atoms with Crippen LogP contribution in [0, 0.1) is 0 Å². The number of carbonyl (C=O) groups is 1. The molecule has 0 aliphatic carbocycles. The molecule has 0 atom stereocenters. The van der Waals surface area contributed by atoms with Gasteiger partial charge in [0.25, 0.3) is 5.91 Å². The number of hydrogen-bond acceptors (Lipinski definition) is 3. The fourth-order valence-electron chi connectivity index (χ4n) is 2.43. The van der Waals surface area contributed by atoms with Crippen LogP contribution in [0.3, 0.4) is 0 Å². The maximum atomic E-state index is 12.1. The van der Waals surface area contributed by atoms with Crippen molar-refractivity contribution in [1.29, 1.82) is 0 Å². The van der Waals surface area contributed by atoms with E-state index < -0.39 is 0 Å². The van der Waals surface area contributed by atoms with E-state index in [2.05, 4.69) is 17.3 Å². The van der Waals surface area contributed by atoms with Gasteiger partial charge in [-0.15, -0.1) is 0 Å². The van der Waals surface area contributed by atoms with Crippen LogP contribution in [0.1, 0.15) is 62.2 Å². The van der Waals surface area contributed by atoms with Gasteiger partial charge >= 0.3 is 0 Å². The van der Waals surface area contributed by atoms with Crippen LogP contribution in [0.4, 0.5) is 0 Å². The van der Waals surface area contributed by atoms with Gasteiger partial charge in [0.15, 0.2) is 0 Å². The van der Waals surface area contributed by atoms with Crippen LogP contribution in [0.2, 0.25) is 0 Å². The predicted octanol–water partition coefficient (Wildman–Crippen LogP) is 2.76. The fourth-order valence-corrected chi connectivity index (χ4v) is 2.43. The Morgan fingerprint density at radius 3 is 3.00 bits per heavy atom. The van der Waals surface area contributed by atoms with Gasteiger partial charge in [0.05, 0.1) is 12.8 Å². The normalized spacial score (nSPS) is 13.7. The molecule has 1 aromatic rings. The molecule has 1 aliphatic heterocycles. The Labute approximate surface area is 120 Å². The smallest absolute Gasteiger partial charge is 0.258 e. The van der Waals surface area contributed by atoms with Crippen LogP contribution >= 0.6 is 0 Å². The molecule has 0 fully saturated rings. The lowest BCUT2D eigenvalue weighted by Gasteiger charge is -2.15. The highest BCUT2D eigenvalue weighted by Crippen LogP contribution is 2.21. The van der Waals surface area contributed by atoms with E-state index in [4.69, 9.17) is 4.74 Å². The molecule has 5 heteroatoms. The number of unbranched alkanes of at least 4 members (excludes halogenated alkanes) is 5. The summed E-state index contributed by atoms with van der Waals surface area (Å²) in [4.78, 5) is 12.1. The Kier molecular flexibility index (Phi) is 5.89. The number of hydrogen-bond donors (Lipinski definition) is 1. The van der Waals surface area contributed by atoms with E-state index in [0.717, 1.165) is 25.9 Å². The molecule has 112 valence electrons. The van der Waals surface area contributed by atoms with Crippen molar-refractivity contribution in [1.82, 2.24) is 15.1 Å². The van der Waals surface area contributed by atoms with Crippen molar-refractivity contribution in [2.75, 3.05) is 13.2 Å². The summed E-state index contributed by atoms with van der Waals surface area (Å²) in [5.74, 6) is 0.554. The van der Waals surface area contributed by atoms with Crippen molar-refractivity contribution in [3.63, 3.8) is 0 Å². The first kappa shape index (κ1) is 14.9. The number of ether oxygens (including phenoxy) is 1. The van der Waals surface area contributed by atoms with Crippen LogP contribution < -0.4 is 10.1 Å². The summed E-state index contributed by atoms with van der Waals surface area (Å²) in [6.07, 6.45) is 9.92. The standard InChI is InChI=1S/C15H25N3O2/c1-2-3-4-5-6-7-9-16-14(19)13-12-17-18-10-8-11-20-15(13)18/h12H,2-11H2,1H3,(H,16,19). The zero-order valence-electron chi connectivity index (χ0n) is 12.4. The molecule has 20 heavy (non-hydrogen) atoms. The molecule has 0 aromatic carbocycles. The lowest BCUT2D eigenvalue weighted by atomic mass is 10.1. The highest BCUT2D eigenvalue weighted by molar-refractivity contribution is 5.96. The Morgan fingerprint density at radius 2 is 2.15 bits per heavy atom. The largest absolute Gasteiger partial charge is 0.477 e. The molecule has 5 nitrogen and oxygen atoms in total. The minimum atomic E-state index is -0.0679. The van der Waals surface area contributed by atoms with E-state index in [1.165, 1.54) is 32.1 Å². The molecular weight excluding hydrogens is 254 g/mol. The average molecular weight is 279 g/mol. The second kappa shape index (κ2) is 7.92. The summed E-state index contributed by atoms with van der Waals surface area (Å²) >= 11 is 0. The van der Waals surface area contributed by atoms with Gasteiger partial charge in [-0.05, 0) is 6.42 Å². The van der Waals surface area contributed by atoms with Crippen molar-refractivity contribution in [3.8, 4) is 5.88 Å². The minimum absolute atomic E-state index is 0.0679. The number of fused-ring (bicyclic) bond motifs is 1. The van der Waals surface area contributed by atoms with Crippen molar-refractivity contribution in [2.24, 2.45) is 0 Å². The van der Waals surface area contributed by atoms with Gasteiger partial charge in [0.2, 0.25) is 5.88 Å². The third-order valence-corrected chi connectivity index (χ3v) is 3.60. The summed E-state index contributed by atoms with van der Waals surface area (Å²) in [7, 11) is 0. The summed E-state index contributed by atoms with van der Waals surface area (Å²) in [5.41, 5.74) is 0.565. The third kappa shape index (κ3) is 3.99. The van der Waals surface area contributed by atoms with E-state index in [1.807, 2.05) is 0 Å². The summed E-state index contributed by atoms with van der Waals surface area (Å²) in [6.45, 7) is 4.45. The second-order valence-corrected chi connectivity index (χ2v) is 5.31. The Morgan fingerprint density at radius 1 is 1.35 bits per heavy atom. The third-order valence-electron chi connectivity index (χ3n) is 3.60. The van der Waals surface area contributed by atoms with Crippen molar-refractivity contribution >= 4 is 5.91 Å². The van der Waals surface area contributed by atoms with E-state index in [1.54, 1.807) is 10.9 Å². The number of nitrogens with one attached hydrogen (secondary N) is 1. The topological polar surface area (TPSA) is 56.2 Å². The van der Waals surface area contributed by atoms with Crippen LogP contribution in [0.25, 0.3) is 0 Å². The molecule has 2 heterocycles. The van der Waals surface area contributed by atoms with Crippen molar-refractivity contribution in [3.05, 3.63) is 11.8 Å². The van der Waals surface area contributed by atoms with Crippen molar-refractivity contribution < 1.29 is 9.53 Å². The molecule has 1 N–H and O–H groups in total. The van der Waals surface area contributed by atoms with E-state index in [9.17, 15) is 4.79 Å². The molecule has 0 unspecified atom stereocenters. The van der Waals surface area contributed by atoms with Gasteiger partial charge < -0.3 is 10.1 Å². The molecule has 0 radical (unpaired) electrons. The zero-order chi connectivity index (χ0) is 14.2. The highest BCUT2D eigenvalue weighted by atomic mass is 16.5. The zero-order valence-corrected chi connectivity index (χ0v) is 12.4. The lowest BCUT2D eigenvalue weighted by Crippen LogP contribution is -2.25. The molecule has 1 amide bonds. The van der Waals surface area contributed by atoms with Gasteiger partial charge in [-0.25, -0.2) is 4.68 Å². The Bertz CT molecular complexity index is 429. The number of nitrogens with zero attached hydrogens (tertiary/aromatic N) is 2. The first-order valence-electron chi connectivity index (χ1n) is 7.79. The van der Waals surface area contributed by atoms with E-state index in [0.29, 0.717) is 18.1 Å². The molecule has 0 saturated heterocycles. The maximum absolute atomic E-state index is 12.1. The molecule has 0 saturated carbocycles. The van der Waals surface area contributed by atoms with Crippen LogP contribution in [-0.2, 0) is 6.54 Å². The second-order valence-electron chi connectivity index (χ2n) is 5.31. The number of amides is 1. The van der Waals surface area contributed by atoms with E-state index >= 15 is 0 Å². The number of carbonyl (C=O) groups excluding carboxylic acids is 1. The molecule has 0 spiro atoms.